The van der Waals surface area contributed by atoms with Gasteiger partial charge in [-0.05, 0) is 44.2 Å². The molecule has 0 aliphatic carbocycles. The Kier molecular flexibility index (Phi) is 3.39. The molecule has 2 saturated heterocycles. The largest absolute Gasteiger partial charge is 0.348 e. The zero-order valence-electron chi connectivity index (χ0n) is 10.8. The summed E-state index contributed by atoms with van der Waals surface area (Å²) in [6.45, 7) is 0. The molecule has 4 heteroatoms. The molecule has 2 aliphatic rings. The number of rotatable bonds is 2. The third-order valence-electron chi connectivity index (χ3n) is 4.42. The highest BCUT2D eigenvalue weighted by atomic mass is 32.1. The minimum absolute atomic E-state index is 0.109. The number of amides is 1. The van der Waals surface area contributed by atoms with Crippen molar-refractivity contribution in [2.24, 2.45) is 0 Å². The van der Waals surface area contributed by atoms with Crippen LogP contribution in [0.2, 0.25) is 0 Å². The van der Waals surface area contributed by atoms with Crippen LogP contribution in [0.4, 0.5) is 0 Å². The molecule has 2 atom stereocenters. The fourth-order valence-electron chi connectivity index (χ4n) is 3.40. The molecule has 0 saturated carbocycles. The van der Waals surface area contributed by atoms with Crippen LogP contribution in [0.5, 0.6) is 0 Å². The maximum atomic E-state index is 12.1. The molecule has 2 bridgehead atoms. The van der Waals surface area contributed by atoms with Crippen molar-refractivity contribution >= 4 is 17.2 Å². The van der Waals surface area contributed by atoms with Gasteiger partial charge in [-0.3, -0.25) is 4.79 Å². The number of hydrogen-bond acceptors (Lipinski definition) is 3. The van der Waals surface area contributed by atoms with E-state index in [0.717, 1.165) is 17.7 Å². The van der Waals surface area contributed by atoms with E-state index in [4.69, 9.17) is 0 Å². The monoisotopic (exact) mass is 264 g/mol. The third-order valence-corrected chi connectivity index (χ3v) is 5.29. The van der Waals surface area contributed by atoms with Crippen molar-refractivity contribution in [1.82, 2.24) is 10.2 Å². The lowest BCUT2D eigenvalue weighted by atomic mass is 9.82. The molecule has 3 rings (SSSR count). The summed E-state index contributed by atoms with van der Waals surface area (Å²) in [5, 5.41) is 5.17. The molecule has 0 spiro atoms. The average Bonchev–Trinajstić information content (AvgIpc) is 2.84. The van der Waals surface area contributed by atoms with Gasteiger partial charge < -0.3 is 10.2 Å². The molecular weight excluding hydrogens is 244 g/mol. The molecule has 18 heavy (non-hydrogen) atoms. The molecule has 1 N–H and O–H groups in total. The van der Waals surface area contributed by atoms with Gasteiger partial charge in [-0.2, -0.15) is 0 Å². The Morgan fingerprint density at radius 3 is 2.72 bits per heavy atom. The average molecular weight is 264 g/mol. The SMILES string of the molecule is CN1C2CCCC1CC(NC(=O)c1cccs1)C2. The summed E-state index contributed by atoms with van der Waals surface area (Å²) in [4.78, 5) is 15.4. The summed E-state index contributed by atoms with van der Waals surface area (Å²) >= 11 is 1.52. The maximum Gasteiger partial charge on any atom is 0.261 e. The smallest absolute Gasteiger partial charge is 0.261 e. The maximum absolute atomic E-state index is 12.1. The first-order valence-corrected chi connectivity index (χ1v) is 7.68. The van der Waals surface area contributed by atoms with E-state index < -0.39 is 0 Å². The Morgan fingerprint density at radius 1 is 1.39 bits per heavy atom. The van der Waals surface area contributed by atoms with E-state index >= 15 is 0 Å². The van der Waals surface area contributed by atoms with E-state index in [1.54, 1.807) is 0 Å². The number of nitrogens with one attached hydrogen (secondary N) is 1. The van der Waals surface area contributed by atoms with Crippen LogP contribution in [0, 0.1) is 0 Å². The molecule has 0 aromatic carbocycles. The highest BCUT2D eigenvalue weighted by Crippen LogP contribution is 2.32. The summed E-state index contributed by atoms with van der Waals surface area (Å²) in [6.07, 6.45) is 6.16. The van der Waals surface area contributed by atoms with Crippen molar-refractivity contribution in [1.29, 1.82) is 0 Å². The summed E-state index contributed by atoms with van der Waals surface area (Å²) in [6, 6.07) is 5.54. The van der Waals surface area contributed by atoms with Crippen molar-refractivity contribution in [2.75, 3.05) is 7.05 Å². The normalized spacial score (nSPS) is 32.2. The minimum Gasteiger partial charge on any atom is -0.348 e. The zero-order chi connectivity index (χ0) is 12.5. The number of piperidine rings is 2. The standard InChI is InChI=1S/C14H20N2OS/c1-16-11-4-2-5-12(16)9-10(8-11)15-14(17)13-6-3-7-18-13/h3,6-7,10-12H,2,4-5,8-9H2,1H3,(H,15,17). The van der Waals surface area contributed by atoms with Crippen LogP contribution in [0.15, 0.2) is 17.5 Å². The Labute approximate surface area is 112 Å². The number of hydrogen-bond donors (Lipinski definition) is 1. The summed E-state index contributed by atoms with van der Waals surface area (Å²) < 4.78 is 0. The van der Waals surface area contributed by atoms with Gasteiger partial charge in [0.1, 0.15) is 0 Å². The van der Waals surface area contributed by atoms with Crippen LogP contribution in [0.3, 0.4) is 0 Å². The van der Waals surface area contributed by atoms with Crippen molar-refractivity contribution in [3.05, 3.63) is 22.4 Å². The lowest BCUT2D eigenvalue weighted by Crippen LogP contribution is -2.55. The molecule has 1 amide bonds. The second-order valence-electron chi connectivity index (χ2n) is 5.52. The molecule has 2 aliphatic heterocycles. The minimum atomic E-state index is 0.109. The first-order chi connectivity index (χ1) is 8.74. The molecule has 3 heterocycles. The fourth-order valence-corrected chi connectivity index (χ4v) is 4.02. The summed E-state index contributed by atoms with van der Waals surface area (Å²) in [7, 11) is 2.24. The van der Waals surface area contributed by atoms with E-state index in [2.05, 4.69) is 17.3 Å². The highest BCUT2D eigenvalue weighted by molar-refractivity contribution is 7.12. The number of nitrogens with zero attached hydrogens (tertiary/aromatic N) is 1. The van der Waals surface area contributed by atoms with E-state index in [9.17, 15) is 4.79 Å². The molecule has 1 aromatic heterocycles. The van der Waals surface area contributed by atoms with Crippen LogP contribution in [0.25, 0.3) is 0 Å². The van der Waals surface area contributed by atoms with Crippen LogP contribution in [0.1, 0.15) is 41.8 Å². The molecule has 2 unspecified atom stereocenters. The van der Waals surface area contributed by atoms with Crippen LogP contribution >= 0.6 is 11.3 Å². The Balaban J connectivity index is 1.63. The van der Waals surface area contributed by atoms with Crippen molar-refractivity contribution in [3.8, 4) is 0 Å². The number of carbonyl (C=O) groups excluding carboxylic acids is 1. The molecule has 0 radical (unpaired) electrons. The van der Waals surface area contributed by atoms with Gasteiger partial charge in [0, 0.05) is 18.1 Å². The number of carbonyl (C=O) groups is 1. The second-order valence-corrected chi connectivity index (χ2v) is 6.47. The lowest BCUT2D eigenvalue weighted by molar-refractivity contribution is 0.0464. The molecule has 3 nitrogen and oxygen atoms in total. The fraction of sp³-hybridized carbons (Fsp3) is 0.643. The first-order valence-electron chi connectivity index (χ1n) is 6.80. The van der Waals surface area contributed by atoms with E-state index in [1.165, 1.54) is 30.6 Å². The predicted molar refractivity (Wildman–Crippen MR) is 74.0 cm³/mol. The lowest BCUT2D eigenvalue weighted by Gasteiger charge is -2.47. The quantitative estimate of drug-likeness (QED) is 0.890. The summed E-state index contributed by atoms with van der Waals surface area (Å²) in [5.41, 5.74) is 0. The van der Waals surface area contributed by atoms with Gasteiger partial charge in [-0.25, -0.2) is 0 Å². The van der Waals surface area contributed by atoms with Crippen molar-refractivity contribution in [2.45, 2.75) is 50.2 Å². The molecule has 98 valence electrons. The Morgan fingerprint density at radius 2 is 2.11 bits per heavy atom. The highest BCUT2D eigenvalue weighted by Gasteiger charge is 2.36. The summed E-state index contributed by atoms with van der Waals surface area (Å²) in [5.74, 6) is 0.109. The second kappa shape index (κ2) is 5.02. The molecular formula is C14H20N2OS. The van der Waals surface area contributed by atoms with Gasteiger partial charge in [0.15, 0.2) is 0 Å². The topological polar surface area (TPSA) is 32.3 Å². The van der Waals surface area contributed by atoms with Gasteiger partial charge in [0.05, 0.1) is 4.88 Å². The van der Waals surface area contributed by atoms with Gasteiger partial charge in [0.25, 0.3) is 5.91 Å². The van der Waals surface area contributed by atoms with E-state index in [1.807, 2.05) is 17.5 Å². The number of thiophene rings is 1. The van der Waals surface area contributed by atoms with E-state index in [0.29, 0.717) is 18.1 Å². The van der Waals surface area contributed by atoms with Crippen molar-refractivity contribution < 1.29 is 4.79 Å². The molecule has 2 fully saturated rings. The predicted octanol–water partition coefficient (Wildman–Crippen LogP) is 2.49. The van der Waals surface area contributed by atoms with Gasteiger partial charge in [-0.1, -0.05) is 12.5 Å². The third kappa shape index (κ3) is 2.31. The Bertz CT molecular complexity index is 403. The van der Waals surface area contributed by atoms with Gasteiger partial charge >= 0.3 is 0 Å². The molecule has 1 aromatic rings. The van der Waals surface area contributed by atoms with Crippen LogP contribution in [-0.4, -0.2) is 36.0 Å². The first kappa shape index (κ1) is 12.2. The zero-order valence-corrected chi connectivity index (χ0v) is 11.6. The Hall–Kier alpha value is -0.870. The van der Waals surface area contributed by atoms with Gasteiger partial charge in [-0.15, -0.1) is 11.3 Å². The van der Waals surface area contributed by atoms with Gasteiger partial charge in [0.2, 0.25) is 0 Å². The van der Waals surface area contributed by atoms with E-state index in [-0.39, 0.29) is 5.91 Å². The van der Waals surface area contributed by atoms with Crippen molar-refractivity contribution in [3.63, 3.8) is 0 Å². The number of fused-ring (bicyclic) bond motifs is 2. The van der Waals surface area contributed by atoms with Crippen LogP contribution in [-0.2, 0) is 0 Å². The van der Waals surface area contributed by atoms with Crippen LogP contribution < -0.4 is 5.32 Å².